The maximum atomic E-state index is 11.9. The molecule has 0 N–H and O–H groups in total. The summed E-state index contributed by atoms with van der Waals surface area (Å²) in [6.07, 6.45) is 2.07. The lowest BCUT2D eigenvalue weighted by Crippen LogP contribution is -2.59. The van der Waals surface area contributed by atoms with Gasteiger partial charge in [0.2, 0.25) is 11.8 Å². The molecular weight excluding hydrogens is 352 g/mol. The second kappa shape index (κ2) is 6.56. The Hall–Kier alpha value is -1.11. The van der Waals surface area contributed by atoms with Crippen molar-refractivity contribution in [3.63, 3.8) is 0 Å². The van der Waals surface area contributed by atoms with E-state index in [1.807, 2.05) is 0 Å². The number of carbonyl (C=O) groups excluding carboxylic acids is 2. The lowest BCUT2D eigenvalue weighted by atomic mass is 9.90. The maximum Gasteiger partial charge on any atom is 0.437 e. The Balaban J connectivity index is 2.16. The van der Waals surface area contributed by atoms with Gasteiger partial charge in [0.25, 0.3) is 0 Å². The minimum absolute atomic E-state index is 0.0308. The van der Waals surface area contributed by atoms with Crippen LogP contribution >= 0.6 is 15.9 Å². The molecule has 1 saturated carbocycles. The van der Waals surface area contributed by atoms with Crippen molar-refractivity contribution in [2.75, 3.05) is 6.54 Å². The number of fused-ring (bicyclic) bond motifs is 1. The Morgan fingerprint density at radius 3 is 2.64 bits per heavy atom. The van der Waals surface area contributed by atoms with Gasteiger partial charge in [-0.25, -0.2) is 4.79 Å². The highest BCUT2D eigenvalue weighted by molar-refractivity contribution is 9.09. The standard InChI is InChI=1S/C15H23BrN2O4/c1-9(19)18-8-12(17-14(20)22-15(2,3)4)21-13-10(16)6-5-7-11(13)18/h10-11,13H,5-8H2,1-4H3/b17-12-/t10-,11+,13-/m1/s1. The predicted molar refractivity (Wildman–Crippen MR) is 86.3 cm³/mol. The largest absolute Gasteiger partial charge is 0.473 e. The summed E-state index contributed by atoms with van der Waals surface area (Å²) in [5, 5.41) is 0. The zero-order chi connectivity index (χ0) is 16.5. The van der Waals surface area contributed by atoms with Gasteiger partial charge in [-0.05, 0) is 40.0 Å². The van der Waals surface area contributed by atoms with Gasteiger partial charge in [-0.3, -0.25) is 4.79 Å². The van der Waals surface area contributed by atoms with Crippen LogP contribution in [0.3, 0.4) is 0 Å². The van der Waals surface area contributed by atoms with E-state index in [4.69, 9.17) is 9.47 Å². The number of carbonyl (C=O) groups is 2. The van der Waals surface area contributed by atoms with Gasteiger partial charge < -0.3 is 14.4 Å². The zero-order valence-electron chi connectivity index (χ0n) is 13.5. The van der Waals surface area contributed by atoms with Crippen molar-refractivity contribution in [3.8, 4) is 0 Å². The van der Waals surface area contributed by atoms with Crippen LogP contribution in [-0.4, -0.2) is 51.9 Å². The lowest BCUT2D eigenvalue weighted by molar-refractivity contribution is -0.135. The second-order valence-electron chi connectivity index (χ2n) is 6.73. The summed E-state index contributed by atoms with van der Waals surface area (Å²) in [6.45, 7) is 7.09. The third-order valence-corrected chi connectivity index (χ3v) is 4.69. The van der Waals surface area contributed by atoms with Crippen molar-refractivity contribution in [1.82, 2.24) is 4.90 Å². The molecule has 0 aromatic heterocycles. The normalized spacial score (nSPS) is 30.5. The first-order valence-corrected chi connectivity index (χ1v) is 8.47. The Labute approximate surface area is 139 Å². The lowest BCUT2D eigenvalue weighted by Gasteiger charge is -2.45. The number of nitrogens with zero attached hydrogens (tertiary/aromatic N) is 2. The van der Waals surface area contributed by atoms with E-state index in [1.54, 1.807) is 25.7 Å². The summed E-state index contributed by atoms with van der Waals surface area (Å²) in [4.78, 5) is 29.5. The first kappa shape index (κ1) is 17.2. The third-order valence-electron chi connectivity index (χ3n) is 3.71. The summed E-state index contributed by atoms with van der Waals surface area (Å²) < 4.78 is 11.1. The summed E-state index contributed by atoms with van der Waals surface area (Å²) in [5.41, 5.74) is -0.610. The number of hydrogen-bond donors (Lipinski definition) is 0. The molecule has 124 valence electrons. The van der Waals surface area contributed by atoms with Crippen LogP contribution in [-0.2, 0) is 14.3 Å². The molecule has 2 amide bonds. The summed E-state index contributed by atoms with van der Waals surface area (Å²) in [5.74, 6) is 0.217. The molecule has 1 aliphatic carbocycles. The van der Waals surface area contributed by atoms with Crippen LogP contribution in [0.2, 0.25) is 0 Å². The van der Waals surface area contributed by atoms with Gasteiger partial charge >= 0.3 is 6.09 Å². The van der Waals surface area contributed by atoms with Crippen LogP contribution < -0.4 is 0 Å². The van der Waals surface area contributed by atoms with E-state index in [0.29, 0.717) is 0 Å². The highest BCUT2D eigenvalue weighted by Gasteiger charge is 2.43. The first-order chi connectivity index (χ1) is 10.2. The fraction of sp³-hybridized carbons (Fsp3) is 0.800. The fourth-order valence-electron chi connectivity index (χ4n) is 2.83. The molecule has 6 nitrogen and oxygen atoms in total. The van der Waals surface area contributed by atoms with Crippen LogP contribution in [0, 0.1) is 0 Å². The van der Waals surface area contributed by atoms with E-state index in [2.05, 4.69) is 20.9 Å². The predicted octanol–water partition coefficient (Wildman–Crippen LogP) is 2.88. The second-order valence-corrected chi connectivity index (χ2v) is 7.91. The van der Waals surface area contributed by atoms with E-state index in [0.717, 1.165) is 19.3 Å². The van der Waals surface area contributed by atoms with Gasteiger partial charge in [0, 0.05) is 6.92 Å². The van der Waals surface area contributed by atoms with Crippen LogP contribution in [0.4, 0.5) is 4.79 Å². The van der Waals surface area contributed by atoms with Crippen LogP contribution in [0.1, 0.15) is 47.0 Å². The van der Waals surface area contributed by atoms with E-state index in [-0.39, 0.29) is 35.3 Å². The molecule has 0 spiro atoms. The van der Waals surface area contributed by atoms with Crippen LogP contribution in [0.15, 0.2) is 4.99 Å². The number of amides is 2. The summed E-state index contributed by atoms with van der Waals surface area (Å²) >= 11 is 3.62. The molecule has 0 radical (unpaired) electrons. The molecule has 2 fully saturated rings. The number of morpholine rings is 1. The van der Waals surface area contributed by atoms with Gasteiger partial charge in [0.05, 0.1) is 17.4 Å². The molecular formula is C15H23BrN2O4. The van der Waals surface area contributed by atoms with E-state index in [9.17, 15) is 9.59 Å². The summed E-state index contributed by atoms with van der Waals surface area (Å²) in [6, 6.07) is 0.0354. The third kappa shape index (κ3) is 4.21. The fourth-order valence-corrected chi connectivity index (χ4v) is 3.61. The highest BCUT2D eigenvalue weighted by atomic mass is 79.9. The minimum atomic E-state index is -0.689. The monoisotopic (exact) mass is 374 g/mol. The Morgan fingerprint density at radius 2 is 2.05 bits per heavy atom. The maximum absolute atomic E-state index is 11.9. The molecule has 0 bridgehead atoms. The topological polar surface area (TPSA) is 68.2 Å². The number of rotatable bonds is 0. The van der Waals surface area contributed by atoms with Crippen molar-refractivity contribution < 1.29 is 19.1 Å². The molecule has 0 aromatic carbocycles. The minimum Gasteiger partial charge on any atom is -0.473 e. The molecule has 2 rings (SSSR count). The smallest absolute Gasteiger partial charge is 0.437 e. The highest BCUT2D eigenvalue weighted by Crippen LogP contribution is 2.33. The Kier molecular flexibility index (Phi) is 5.14. The van der Waals surface area contributed by atoms with Gasteiger partial charge in [0.15, 0.2) is 0 Å². The average Bonchev–Trinajstić information content (AvgIpc) is 2.36. The molecule has 3 atom stereocenters. The van der Waals surface area contributed by atoms with Crippen molar-refractivity contribution in [3.05, 3.63) is 0 Å². The van der Waals surface area contributed by atoms with Crippen LogP contribution in [0.5, 0.6) is 0 Å². The van der Waals surface area contributed by atoms with Crippen molar-refractivity contribution in [1.29, 1.82) is 0 Å². The molecule has 7 heteroatoms. The van der Waals surface area contributed by atoms with E-state index < -0.39 is 11.7 Å². The number of ether oxygens (including phenoxy) is 2. The molecule has 0 aromatic rings. The van der Waals surface area contributed by atoms with Crippen LogP contribution in [0.25, 0.3) is 0 Å². The van der Waals surface area contributed by atoms with E-state index in [1.165, 1.54) is 6.92 Å². The summed E-state index contributed by atoms with van der Waals surface area (Å²) in [7, 11) is 0. The number of alkyl halides is 1. The first-order valence-electron chi connectivity index (χ1n) is 7.56. The van der Waals surface area contributed by atoms with Crippen molar-refractivity contribution >= 4 is 33.8 Å². The molecule has 0 unspecified atom stereocenters. The van der Waals surface area contributed by atoms with Gasteiger partial charge in [-0.2, -0.15) is 0 Å². The number of aliphatic imine (C=N–C) groups is 1. The number of hydrogen-bond acceptors (Lipinski definition) is 4. The zero-order valence-corrected chi connectivity index (χ0v) is 15.1. The molecule has 1 aliphatic heterocycles. The quantitative estimate of drug-likeness (QED) is 0.611. The van der Waals surface area contributed by atoms with Gasteiger partial charge in [0.1, 0.15) is 11.7 Å². The molecule has 1 saturated heterocycles. The van der Waals surface area contributed by atoms with Gasteiger partial charge in [-0.15, -0.1) is 4.99 Å². The van der Waals surface area contributed by atoms with Crippen molar-refractivity contribution in [2.45, 2.75) is 69.5 Å². The number of halogens is 1. The van der Waals surface area contributed by atoms with Gasteiger partial charge in [-0.1, -0.05) is 15.9 Å². The molecule has 2 aliphatic rings. The average molecular weight is 375 g/mol. The Bertz CT molecular complexity index is 486. The SMILES string of the molecule is CC(=O)N1C/C(=N/C(=O)OC(C)(C)C)O[C@@H]2[C@H](Br)CCC[C@@H]21. The Morgan fingerprint density at radius 1 is 1.36 bits per heavy atom. The molecule has 22 heavy (non-hydrogen) atoms. The van der Waals surface area contributed by atoms with Crippen molar-refractivity contribution in [2.24, 2.45) is 4.99 Å². The molecule has 1 heterocycles. The van der Waals surface area contributed by atoms with E-state index >= 15 is 0 Å².